The maximum absolute atomic E-state index is 6.09. The molecule has 1 heterocycles. The first-order chi connectivity index (χ1) is 20.3. The van der Waals surface area contributed by atoms with Gasteiger partial charge in [0, 0.05) is 24.3 Å². The van der Waals surface area contributed by atoms with Crippen molar-refractivity contribution in [2.75, 3.05) is 45.8 Å². The van der Waals surface area contributed by atoms with E-state index in [1.807, 2.05) is 0 Å². The van der Waals surface area contributed by atoms with Gasteiger partial charge in [-0.1, -0.05) is 51.0 Å². The van der Waals surface area contributed by atoms with Gasteiger partial charge in [0.05, 0.1) is 14.2 Å². The maximum atomic E-state index is 6.09. The van der Waals surface area contributed by atoms with Crippen molar-refractivity contribution < 1.29 is 14.2 Å². The summed E-state index contributed by atoms with van der Waals surface area (Å²) in [6, 6.07) is 22.0. The number of ether oxygens (including phenoxy) is 3. The van der Waals surface area contributed by atoms with Gasteiger partial charge in [-0.25, -0.2) is 0 Å². The lowest BCUT2D eigenvalue weighted by Crippen LogP contribution is -2.32. The minimum atomic E-state index is 0.108. The van der Waals surface area contributed by atoms with Crippen molar-refractivity contribution >= 4 is 5.69 Å². The first-order valence-corrected chi connectivity index (χ1v) is 15.9. The highest BCUT2D eigenvalue weighted by Crippen LogP contribution is 2.48. The molecule has 0 aromatic heterocycles. The fraction of sp³-hybridized carbons (Fsp3) is 0.514. The molecular formula is C37H50N2O3. The van der Waals surface area contributed by atoms with Gasteiger partial charge in [-0.2, -0.15) is 0 Å². The normalized spacial score (nSPS) is 19.3. The summed E-state index contributed by atoms with van der Waals surface area (Å²) in [5, 5.41) is 3.86. The molecule has 42 heavy (non-hydrogen) atoms. The first-order valence-electron chi connectivity index (χ1n) is 15.9. The molecule has 226 valence electrons. The van der Waals surface area contributed by atoms with Gasteiger partial charge in [-0.05, 0) is 116 Å². The van der Waals surface area contributed by atoms with Crippen molar-refractivity contribution in [3.63, 3.8) is 0 Å². The summed E-state index contributed by atoms with van der Waals surface area (Å²) in [6.45, 7) is 11.3. The van der Waals surface area contributed by atoms with E-state index in [0.717, 1.165) is 49.7 Å². The molecule has 2 aliphatic rings. The third-order valence-corrected chi connectivity index (χ3v) is 9.30. The lowest BCUT2D eigenvalue weighted by atomic mass is 9.64. The van der Waals surface area contributed by atoms with E-state index < -0.39 is 0 Å². The Labute approximate surface area is 253 Å². The van der Waals surface area contributed by atoms with Gasteiger partial charge in [0.1, 0.15) is 23.9 Å². The summed E-state index contributed by atoms with van der Waals surface area (Å²) in [5.41, 5.74) is 6.77. The van der Waals surface area contributed by atoms with Crippen LogP contribution in [0.3, 0.4) is 0 Å². The molecule has 3 aromatic rings. The minimum Gasteiger partial charge on any atom is -0.497 e. The molecule has 1 aliphatic carbocycles. The largest absolute Gasteiger partial charge is 0.497 e. The average molecular weight is 571 g/mol. The Morgan fingerprint density at radius 3 is 2.21 bits per heavy atom. The number of hydrogen-bond donors (Lipinski definition) is 1. The molecule has 1 aliphatic heterocycles. The highest BCUT2D eigenvalue weighted by atomic mass is 16.5. The fourth-order valence-corrected chi connectivity index (χ4v) is 6.87. The number of likely N-dealkylation sites (tertiary alicyclic amines) is 1. The third kappa shape index (κ3) is 7.60. The summed E-state index contributed by atoms with van der Waals surface area (Å²) in [5.74, 6) is 3.18. The van der Waals surface area contributed by atoms with Crippen LogP contribution in [0.25, 0.3) is 0 Å². The minimum absolute atomic E-state index is 0.108. The van der Waals surface area contributed by atoms with Crippen LogP contribution in [-0.2, 0) is 19.3 Å². The Balaban J connectivity index is 1.23. The second kappa shape index (κ2) is 13.9. The third-order valence-electron chi connectivity index (χ3n) is 9.30. The number of nitrogens with one attached hydrogen (secondary N) is 1. The molecule has 5 heteroatoms. The summed E-state index contributed by atoms with van der Waals surface area (Å²) >= 11 is 0. The molecule has 0 spiro atoms. The topological polar surface area (TPSA) is 43.0 Å². The highest BCUT2D eigenvalue weighted by molar-refractivity contribution is 5.59. The van der Waals surface area contributed by atoms with Crippen LogP contribution in [0.15, 0.2) is 60.7 Å². The first kappa shape index (κ1) is 30.3. The van der Waals surface area contributed by atoms with E-state index in [9.17, 15) is 0 Å². The van der Waals surface area contributed by atoms with E-state index >= 15 is 0 Å². The van der Waals surface area contributed by atoms with Gasteiger partial charge >= 0.3 is 0 Å². The van der Waals surface area contributed by atoms with E-state index in [2.05, 4.69) is 91.7 Å². The Hall–Kier alpha value is -3.18. The number of hydrogen-bond acceptors (Lipinski definition) is 5. The smallest absolute Gasteiger partial charge is 0.120 e. The SMILES string of the molecule is COc1ccc2c(c1)CC(C)(C)C(c1ccc(OC)cc1NC(C)Cc1ccc(OCCN3CCCCCC3)cc1)C2. The molecule has 0 amide bonds. The van der Waals surface area contributed by atoms with Crippen molar-refractivity contribution in [2.24, 2.45) is 5.41 Å². The molecule has 5 rings (SSSR count). The standard InChI is InChI=1S/C37H50N2O3/c1-27(22-28-10-13-31(14-11-28)42-21-20-39-18-8-6-7-9-19-39)38-36-25-33(41-5)16-17-34(36)35-24-29-12-15-32(40-4)23-30(29)26-37(35,2)3/h10-17,23,25,27,35,38H,6-9,18-22,24,26H2,1-5H3. The van der Waals surface area contributed by atoms with Gasteiger partial charge < -0.3 is 19.5 Å². The Morgan fingerprint density at radius 2 is 1.50 bits per heavy atom. The second-order valence-electron chi connectivity index (χ2n) is 13.0. The number of rotatable bonds is 11. The summed E-state index contributed by atoms with van der Waals surface area (Å²) in [7, 11) is 3.49. The molecule has 0 saturated carbocycles. The van der Waals surface area contributed by atoms with Crippen molar-refractivity contribution in [1.82, 2.24) is 4.90 Å². The summed E-state index contributed by atoms with van der Waals surface area (Å²) in [6.07, 6.45) is 8.35. The molecule has 2 atom stereocenters. The average Bonchev–Trinajstić information content (AvgIpc) is 3.26. The lowest BCUT2D eigenvalue weighted by molar-refractivity contribution is 0.214. The molecular weight excluding hydrogens is 520 g/mol. The molecule has 1 fully saturated rings. The molecule has 3 aromatic carbocycles. The van der Waals surface area contributed by atoms with Crippen molar-refractivity contribution in [3.05, 3.63) is 82.9 Å². The molecule has 1 N–H and O–H groups in total. The molecule has 2 unspecified atom stereocenters. The van der Waals surface area contributed by atoms with Crippen molar-refractivity contribution in [2.45, 2.75) is 77.7 Å². The van der Waals surface area contributed by atoms with Crippen molar-refractivity contribution in [3.8, 4) is 17.2 Å². The summed E-state index contributed by atoms with van der Waals surface area (Å²) in [4.78, 5) is 2.55. The zero-order valence-corrected chi connectivity index (χ0v) is 26.4. The van der Waals surface area contributed by atoms with Gasteiger partial charge in [0.2, 0.25) is 0 Å². The second-order valence-corrected chi connectivity index (χ2v) is 13.0. The predicted octanol–water partition coefficient (Wildman–Crippen LogP) is 7.91. The van der Waals surface area contributed by atoms with E-state index in [1.165, 1.54) is 66.7 Å². The monoisotopic (exact) mass is 570 g/mol. The van der Waals surface area contributed by atoms with E-state index in [-0.39, 0.29) is 11.5 Å². The number of benzene rings is 3. The lowest BCUT2D eigenvalue weighted by Gasteiger charge is -2.41. The van der Waals surface area contributed by atoms with E-state index in [1.54, 1.807) is 14.2 Å². The maximum Gasteiger partial charge on any atom is 0.120 e. The van der Waals surface area contributed by atoms with Crippen LogP contribution in [0, 0.1) is 5.41 Å². The van der Waals surface area contributed by atoms with Gasteiger partial charge in [0.25, 0.3) is 0 Å². The van der Waals surface area contributed by atoms with Gasteiger partial charge in [-0.15, -0.1) is 0 Å². The van der Waals surface area contributed by atoms with Crippen LogP contribution < -0.4 is 19.5 Å². The quantitative estimate of drug-likeness (QED) is 0.254. The number of nitrogens with zero attached hydrogens (tertiary/aromatic N) is 1. The molecule has 1 saturated heterocycles. The molecule has 5 nitrogen and oxygen atoms in total. The highest BCUT2D eigenvalue weighted by Gasteiger charge is 2.37. The molecule has 0 bridgehead atoms. The Bertz CT molecular complexity index is 1290. The number of anilines is 1. The van der Waals surface area contributed by atoms with Gasteiger partial charge in [-0.3, -0.25) is 4.90 Å². The van der Waals surface area contributed by atoms with Crippen molar-refractivity contribution in [1.29, 1.82) is 0 Å². The van der Waals surface area contributed by atoms with Crippen LogP contribution in [0.1, 0.15) is 74.6 Å². The Morgan fingerprint density at radius 1 is 0.833 bits per heavy atom. The zero-order valence-electron chi connectivity index (χ0n) is 26.4. The van der Waals surface area contributed by atoms with Gasteiger partial charge in [0.15, 0.2) is 0 Å². The van der Waals surface area contributed by atoms with Crippen LogP contribution in [0.2, 0.25) is 0 Å². The number of fused-ring (bicyclic) bond motifs is 1. The Kier molecular flexibility index (Phi) is 9.99. The van der Waals surface area contributed by atoms with Crippen LogP contribution >= 0.6 is 0 Å². The molecule has 0 radical (unpaired) electrons. The van der Waals surface area contributed by atoms with Crippen LogP contribution in [-0.4, -0.2) is 51.4 Å². The fourth-order valence-electron chi connectivity index (χ4n) is 6.87. The van der Waals surface area contributed by atoms with Crippen LogP contribution in [0.4, 0.5) is 5.69 Å². The van der Waals surface area contributed by atoms with Crippen LogP contribution in [0.5, 0.6) is 17.2 Å². The predicted molar refractivity (Wildman–Crippen MR) is 174 cm³/mol. The zero-order chi connectivity index (χ0) is 29.5. The van der Waals surface area contributed by atoms with E-state index in [4.69, 9.17) is 14.2 Å². The number of methoxy groups -OCH3 is 2. The summed E-state index contributed by atoms with van der Waals surface area (Å²) < 4.78 is 17.3. The van der Waals surface area contributed by atoms with E-state index in [0.29, 0.717) is 5.92 Å².